The molecule has 1 fully saturated rings. The molecule has 1 aliphatic heterocycles. The maximum absolute atomic E-state index is 13.0. The Kier molecular flexibility index (Phi) is 5.50. The van der Waals surface area contributed by atoms with Crippen molar-refractivity contribution in [2.24, 2.45) is 0 Å². The van der Waals surface area contributed by atoms with Gasteiger partial charge in [-0.1, -0.05) is 18.2 Å². The van der Waals surface area contributed by atoms with E-state index in [1.165, 1.54) is 19.2 Å². The molecule has 10 nitrogen and oxygen atoms in total. The predicted molar refractivity (Wildman–Crippen MR) is 116 cm³/mol. The summed E-state index contributed by atoms with van der Waals surface area (Å²) >= 11 is 0. The summed E-state index contributed by atoms with van der Waals surface area (Å²) in [6.45, 7) is 3.17. The smallest absolute Gasteiger partial charge is 0.373 e. The maximum atomic E-state index is 13.0. The Hall–Kier alpha value is -4.34. The second-order valence-electron chi connectivity index (χ2n) is 7.54. The molecule has 0 radical (unpaired) electrons. The summed E-state index contributed by atoms with van der Waals surface area (Å²) in [6.07, 6.45) is 1.55. The first-order valence-corrected chi connectivity index (χ1v) is 10.1. The number of methoxy groups -OCH3 is 1. The van der Waals surface area contributed by atoms with Gasteiger partial charge in [-0.05, 0) is 38.1 Å². The van der Waals surface area contributed by atoms with Gasteiger partial charge in [-0.15, -0.1) is 0 Å². The van der Waals surface area contributed by atoms with E-state index in [-0.39, 0.29) is 23.8 Å². The molecule has 3 amide bonds. The van der Waals surface area contributed by atoms with Gasteiger partial charge in [0.05, 0.1) is 13.7 Å². The van der Waals surface area contributed by atoms with Crippen molar-refractivity contribution in [3.63, 3.8) is 0 Å². The summed E-state index contributed by atoms with van der Waals surface area (Å²) in [4.78, 5) is 49.6. The highest BCUT2D eigenvalue weighted by Gasteiger charge is 2.35. The van der Waals surface area contributed by atoms with Crippen LogP contribution in [-0.4, -0.2) is 45.6 Å². The quantitative estimate of drug-likeness (QED) is 0.334. The van der Waals surface area contributed by atoms with Crippen LogP contribution in [0, 0.1) is 6.92 Å². The molecule has 4 rings (SSSR count). The number of nitrogens with one attached hydrogen (secondary N) is 1. The number of hydrogen-bond donors (Lipinski definition) is 2. The summed E-state index contributed by atoms with van der Waals surface area (Å²) < 4.78 is 11.6. The van der Waals surface area contributed by atoms with Crippen LogP contribution in [0.3, 0.4) is 0 Å². The molecule has 1 aliphatic rings. The van der Waals surface area contributed by atoms with Gasteiger partial charge < -0.3 is 24.1 Å². The Morgan fingerprint density at radius 2 is 1.94 bits per heavy atom. The van der Waals surface area contributed by atoms with Gasteiger partial charge in [-0.3, -0.25) is 9.69 Å². The lowest BCUT2D eigenvalue weighted by atomic mass is 10.1. The zero-order valence-corrected chi connectivity index (χ0v) is 18.1. The topological polar surface area (TPSA) is 131 Å². The fraction of sp³-hybridized carbons (Fsp3) is 0.217. The number of esters is 1. The largest absolute Gasteiger partial charge is 0.480 e. The van der Waals surface area contributed by atoms with Crippen molar-refractivity contribution in [2.45, 2.75) is 26.4 Å². The molecule has 10 heteroatoms. The van der Waals surface area contributed by atoms with Crippen LogP contribution in [0.1, 0.15) is 40.5 Å². The standard InChI is InChI=1S/C23H21N3O7/c1-12-16(15-6-4-5-7-18(15)26(12)13(2)21(28)29)10-17-20(27)25(23(31)24-17)11-14-8-9-19(33-14)22(30)32-3/h4-10,13H,11H2,1-3H3,(H,24,31)(H,28,29)/b17-10-/t13-/m0/s1. The van der Waals surface area contributed by atoms with Crippen LogP contribution >= 0.6 is 0 Å². The molecule has 3 aromatic rings. The van der Waals surface area contributed by atoms with Gasteiger partial charge in [-0.2, -0.15) is 0 Å². The lowest BCUT2D eigenvalue weighted by molar-refractivity contribution is -0.140. The van der Waals surface area contributed by atoms with Crippen molar-refractivity contribution < 1.29 is 33.4 Å². The first-order chi connectivity index (χ1) is 15.7. The summed E-state index contributed by atoms with van der Waals surface area (Å²) in [5.74, 6) is -2.02. The van der Waals surface area contributed by atoms with Crippen molar-refractivity contribution in [2.75, 3.05) is 7.11 Å². The monoisotopic (exact) mass is 451 g/mol. The molecule has 33 heavy (non-hydrogen) atoms. The first kappa shape index (κ1) is 21.9. The number of para-hydroxylation sites is 1. The van der Waals surface area contributed by atoms with E-state index in [0.717, 1.165) is 10.3 Å². The third-order valence-corrected chi connectivity index (χ3v) is 5.56. The number of hydrogen-bond acceptors (Lipinski definition) is 6. The van der Waals surface area contributed by atoms with E-state index in [2.05, 4.69) is 10.1 Å². The minimum atomic E-state index is -0.987. The molecule has 0 unspecified atom stereocenters. The molecule has 3 heterocycles. The lowest BCUT2D eigenvalue weighted by Gasteiger charge is -2.13. The number of carbonyl (C=O) groups is 4. The van der Waals surface area contributed by atoms with Crippen LogP contribution in [0.5, 0.6) is 0 Å². The second kappa shape index (κ2) is 8.30. The third-order valence-electron chi connectivity index (χ3n) is 5.56. The molecule has 0 aliphatic carbocycles. The number of urea groups is 1. The molecule has 170 valence electrons. The van der Waals surface area contributed by atoms with E-state index in [0.29, 0.717) is 16.8 Å². The molecular weight excluding hydrogens is 430 g/mol. The average molecular weight is 451 g/mol. The summed E-state index contributed by atoms with van der Waals surface area (Å²) in [6, 6.07) is 8.68. The Morgan fingerprint density at radius 3 is 2.64 bits per heavy atom. The number of amides is 3. The van der Waals surface area contributed by atoms with Gasteiger partial charge in [0.15, 0.2) is 0 Å². The van der Waals surface area contributed by atoms with Crippen LogP contribution in [0.15, 0.2) is 46.5 Å². The van der Waals surface area contributed by atoms with E-state index >= 15 is 0 Å². The number of carbonyl (C=O) groups excluding carboxylic acids is 3. The summed E-state index contributed by atoms with van der Waals surface area (Å²) in [5, 5.41) is 12.8. The predicted octanol–water partition coefficient (Wildman–Crippen LogP) is 3.07. The number of imide groups is 1. The number of carboxylic acid groups (broad SMARTS) is 1. The number of aliphatic carboxylic acids is 1. The van der Waals surface area contributed by atoms with Gasteiger partial charge >= 0.3 is 18.0 Å². The Balaban J connectivity index is 1.68. The molecule has 0 bridgehead atoms. The van der Waals surface area contributed by atoms with Crippen molar-refractivity contribution in [1.82, 2.24) is 14.8 Å². The highest BCUT2D eigenvalue weighted by molar-refractivity contribution is 6.14. The molecule has 0 saturated carbocycles. The minimum absolute atomic E-state index is 0.0358. The molecule has 1 aromatic carbocycles. The zero-order valence-electron chi connectivity index (χ0n) is 18.1. The average Bonchev–Trinajstić information content (AvgIpc) is 3.45. The Morgan fingerprint density at radius 1 is 1.21 bits per heavy atom. The van der Waals surface area contributed by atoms with Gasteiger partial charge in [0.1, 0.15) is 17.5 Å². The molecular formula is C23H21N3O7. The Bertz CT molecular complexity index is 1330. The zero-order chi connectivity index (χ0) is 23.9. The number of nitrogens with zero attached hydrogens (tertiary/aromatic N) is 2. The number of furan rings is 1. The minimum Gasteiger partial charge on any atom is -0.480 e. The first-order valence-electron chi connectivity index (χ1n) is 10.1. The van der Waals surface area contributed by atoms with E-state index in [4.69, 9.17) is 4.42 Å². The van der Waals surface area contributed by atoms with Crippen LogP contribution in [0.2, 0.25) is 0 Å². The van der Waals surface area contributed by atoms with Crippen molar-refractivity contribution >= 4 is 40.9 Å². The molecule has 2 N–H and O–H groups in total. The number of carboxylic acids is 1. The number of ether oxygens (including phenoxy) is 1. The van der Waals surface area contributed by atoms with Crippen LogP contribution in [0.4, 0.5) is 4.79 Å². The highest BCUT2D eigenvalue weighted by Crippen LogP contribution is 2.31. The highest BCUT2D eigenvalue weighted by atomic mass is 16.5. The Labute approximate surface area is 188 Å². The number of aromatic nitrogens is 1. The number of fused-ring (bicyclic) bond motifs is 1. The van der Waals surface area contributed by atoms with E-state index in [1.54, 1.807) is 36.6 Å². The summed E-state index contributed by atoms with van der Waals surface area (Å²) in [7, 11) is 1.22. The molecule has 2 aromatic heterocycles. The van der Waals surface area contributed by atoms with Gasteiger partial charge in [0.25, 0.3) is 5.91 Å². The molecule has 0 spiro atoms. The number of rotatable bonds is 6. The van der Waals surface area contributed by atoms with Crippen LogP contribution in [-0.2, 0) is 20.9 Å². The van der Waals surface area contributed by atoms with E-state index < -0.39 is 29.9 Å². The van der Waals surface area contributed by atoms with Crippen molar-refractivity contribution in [3.05, 3.63) is 64.9 Å². The fourth-order valence-electron chi connectivity index (χ4n) is 3.90. The normalized spacial score (nSPS) is 15.8. The van der Waals surface area contributed by atoms with Crippen LogP contribution < -0.4 is 5.32 Å². The molecule has 1 saturated heterocycles. The third kappa shape index (κ3) is 3.75. The lowest BCUT2D eigenvalue weighted by Crippen LogP contribution is -2.30. The van der Waals surface area contributed by atoms with Gasteiger partial charge in [0.2, 0.25) is 5.76 Å². The van der Waals surface area contributed by atoms with Crippen LogP contribution in [0.25, 0.3) is 17.0 Å². The van der Waals surface area contributed by atoms with E-state index in [9.17, 15) is 24.3 Å². The molecule has 1 atom stereocenters. The SMILES string of the molecule is COC(=O)c1ccc(CN2C(=O)N/C(=C\c3c(C)n([C@@H](C)C(=O)O)c4ccccc34)C2=O)o1. The second-order valence-corrected chi connectivity index (χ2v) is 7.54. The van der Waals surface area contributed by atoms with Crippen molar-refractivity contribution in [1.29, 1.82) is 0 Å². The van der Waals surface area contributed by atoms with E-state index in [1.807, 2.05) is 12.1 Å². The maximum Gasteiger partial charge on any atom is 0.373 e. The number of benzene rings is 1. The van der Waals surface area contributed by atoms with Gasteiger partial charge in [0, 0.05) is 22.2 Å². The fourth-order valence-corrected chi connectivity index (χ4v) is 3.90. The van der Waals surface area contributed by atoms with Gasteiger partial charge in [-0.25, -0.2) is 14.4 Å². The summed E-state index contributed by atoms with van der Waals surface area (Å²) in [5.41, 5.74) is 2.04. The van der Waals surface area contributed by atoms with Crippen molar-refractivity contribution in [3.8, 4) is 0 Å².